The first-order chi connectivity index (χ1) is 28.9. The first-order valence-corrected chi connectivity index (χ1v) is 18.2. The van der Waals surface area contributed by atoms with E-state index in [0.29, 0.717) is 11.3 Å². The number of rotatable bonds is 10. The summed E-state index contributed by atoms with van der Waals surface area (Å²) in [7, 11) is 0. The predicted molar refractivity (Wildman–Crippen MR) is 236 cm³/mol. The topological polar surface area (TPSA) is 21.3 Å². The van der Waals surface area contributed by atoms with Gasteiger partial charge in [0, 0.05) is 55.8 Å². The van der Waals surface area contributed by atoms with Crippen molar-refractivity contribution in [1.82, 2.24) is 4.57 Å². The average molecular weight is 711 g/mol. The number of allylic oxidation sites excluding steroid dienone is 7. The van der Waals surface area contributed by atoms with Gasteiger partial charge in [-0.2, -0.15) is 0 Å². The van der Waals surface area contributed by atoms with E-state index >= 15 is 0 Å². The second kappa shape index (κ2) is 14.6. The van der Waals surface area contributed by atoms with Gasteiger partial charge >= 0.3 is 0 Å². The smallest absolute Gasteiger partial charge is 0.143 e. The second-order valence-corrected chi connectivity index (χ2v) is 13.2. The molecule has 0 bridgehead atoms. The van der Waals surface area contributed by atoms with E-state index in [1.807, 2.05) is 77.7 Å². The lowest BCUT2D eigenvalue weighted by Crippen LogP contribution is -2.14. The molecule has 0 saturated heterocycles. The molecule has 0 fully saturated rings. The minimum absolute atomic E-state index is 0.145. The van der Waals surface area contributed by atoms with Crippen molar-refractivity contribution >= 4 is 71.9 Å². The van der Waals surface area contributed by atoms with Crippen molar-refractivity contribution in [2.24, 2.45) is 0 Å². The van der Waals surface area contributed by atoms with Gasteiger partial charge in [-0.05, 0) is 77.2 Å². The van der Waals surface area contributed by atoms with Crippen LogP contribution in [0.5, 0.6) is 0 Å². The molecule has 9 rings (SSSR count). The number of anilines is 1. The minimum atomic E-state index is -0.185. The molecule has 2 heterocycles. The fourth-order valence-electron chi connectivity index (χ4n) is 7.41. The standard InChI is InChI=1S/C52H38N2O/c1-3-5-22-43(36-40-20-15-26-47-48-34-29-39-19-9-10-23-44(39)52(48)55-51(40)47)53(35-16-21-37(4-2)38-17-7-6-8-18-38)41-30-32-42(33-31-41)54-49-27-13-11-24-45(49)46-25-12-14-28-50(46)54/h3-36H,1-2H2/b22-5-,35-16+,37-21+,43-36-/i2D,4D,16D,21D/b4-2?,22-5-,35-16+,37-21+,43-36-. The Balaban J connectivity index is 1.25. The molecule has 9 aromatic rings. The summed E-state index contributed by atoms with van der Waals surface area (Å²) in [6, 6.07) is 52.0. The third-order valence-corrected chi connectivity index (χ3v) is 9.97. The number of fused-ring (bicyclic) bond motifs is 8. The third-order valence-electron chi connectivity index (χ3n) is 9.97. The van der Waals surface area contributed by atoms with Crippen LogP contribution in [0.4, 0.5) is 5.69 Å². The molecular formula is C52H38N2O. The zero-order valence-corrected chi connectivity index (χ0v) is 30.0. The molecule has 55 heavy (non-hydrogen) atoms. The largest absolute Gasteiger partial charge is 0.455 e. The molecule has 0 atom stereocenters. The summed E-state index contributed by atoms with van der Waals surface area (Å²) in [5.74, 6) is 0. The lowest BCUT2D eigenvalue weighted by atomic mass is 10.0. The Bertz CT molecular complexity index is 3170. The van der Waals surface area contributed by atoms with Gasteiger partial charge in [-0.25, -0.2) is 0 Å². The summed E-state index contributed by atoms with van der Waals surface area (Å²) in [6.07, 6.45) is 9.07. The van der Waals surface area contributed by atoms with Crippen molar-refractivity contribution < 1.29 is 9.90 Å². The summed E-state index contributed by atoms with van der Waals surface area (Å²) in [5.41, 5.74) is 7.72. The highest BCUT2D eigenvalue weighted by Crippen LogP contribution is 2.37. The Morgan fingerprint density at radius 3 is 2.07 bits per heavy atom. The van der Waals surface area contributed by atoms with E-state index in [0.717, 1.165) is 67.2 Å². The van der Waals surface area contributed by atoms with Gasteiger partial charge in [0.15, 0.2) is 0 Å². The molecule has 0 radical (unpaired) electrons. The van der Waals surface area contributed by atoms with Crippen LogP contribution in [-0.4, -0.2) is 4.57 Å². The van der Waals surface area contributed by atoms with Crippen LogP contribution in [0, 0.1) is 0 Å². The quantitative estimate of drug-likeness (QED) is 0.132. The Hall–Kier alpha value is -7.36. The molecule has 0 aliphatic heterocycles. The summed E-state index contributed by atoms with van der Waals surface area (Å²) in [4.78, 5) is 1.88. The maximum Gasteiger partial charge on any atom is 0.143 e. The van der Waals surface area contributed by atoms with E-state index in [9.17, 15) is 2.74 Å². The fourth-order valence-corrected chi connectivity index (χ4v) is 7.41. The Labute approximate surface area is 326 Å². The predicted octanol–water partition coefficient (Wildman–Crippen LogP) is 14.2. The highest BCUT2D eigenvalue weighted by molar-refractivity contribution is 6.16. The molecule has 3 nitrogen and oxygen atoms in total. The van der Waals surface area contributed by atoms with Crippen molar-refractivity contribution in [3.8, 4) is 5.69 Å². The first kappa shape index (κ1) is 29.1. The number of hydrogen-bond acceptors (Lipinski definition) is 2. The zero-order valence-electron chi connectivity index (χ0n) is 34.0. The molecule has 0 aliphatic carbocycles. The van der Waals surface area contributed by atoms with Crippen molar-refractivity contribution in [2.45, 2.75) is 0 Å². The Kier molecular flexibility index (Phi) is 7.72. The van der Waals surface area contributed by atoms with E-state index in [1.54, 1.807) is 24.4 Å². The minimum Gasteiger partial charge on any atom is -0.455 e. The van der Waals surface area contributed by atoms with Crippen molar-refractivity contribution in [3.63, 3.8) is 0 Å². The van der Waals surface area contributed by atoms with Gasteiger partial charge < -0.3 is 13.9 Å². The summed E-state index contributed by atoms with van der Waals surface area (Å²) >= 11 is 0. The van der Waals surface area contributed by atoms with Gasteiger partial charge in [-0.15, -0.1) is 0 Å². The van der Waals surface area contributed by atoms with Gasteiger partial charge in [0.2, 0.25) is 0 Å². The van der Waals surface area contributed by atoms with Gasteiger partial charge in [0.25, 0.3) is 0 Å². The SMILES string of the molecule is [2H]C=C([2H])/C(=C([2H])\C([2H])=C\N(C(/C=C\C=C)=C\c1cccc2c1oc1c3ccccc3ccc21)c1ccc(-n2c3ccccc3c3ccccc32)cc1)c1ccccc1. The number of hydrogen-bond donors (Lipinski definition) is 0. The van der Waals surface area contributed by atoms with Gasteiger partial charge in [0.1, 0.15) is 11.2 Å². The van der Waals surface area contributed by atoms with E-state index in [1.165, 1.54) is 10.8 Å². The monoisotopic (exact) mass is 710 g/mol. The van der Waals surface area contributed by atoms with E-state index in [2.05, 4.69) is 102 Å². The van der Waals surface area contributed by atoms with Crippen LogP contribution in [0.2, 0.25) is 0 Å². The molecule has 262 valence electrons. The van der Waals surface area contributed by atoms with E-state index in [4.69, 9.17) is 7.16 Å². The number of aromatic nitrogens is 1. The zero-order chi connectivity index (χ0) is 40.5. The van der Waals surface area contributed by atoms with Crippen LogP contribution in [0.3, 0.4) is 0 Å². The molecule has 0 N–H and O–H groups in total. The van der Waals surface area contributed by atoms with Gasteiger partial charge in [-0.3, -0.25) is 0 Å². The molecule has 0 spiro atoms. The number of furan rings is 1. The van der Waals surface area contributed by atoms with Gasteiger partial charge in [-0.1, -0.05) is 153 Å². The van der Waals surface area contributed by atoms with Crippen LogP contribution in [0.1, 0.15) is 16.6 Å². The molecular weight excluding hydrogens is 669 g/mol. The maximum atomic E-state index is 9.38. The molecule has 2 aromatic heterocycles. The lowest BCUT2D eigenvalue weighted by Gasteiger charge is -2.23. The molecule has 3 heteroatoms. The molecule has 7 aromatic carbocycles. The highest BCUT2D eigenvalue weighted by Gasteiger charge is 2.16. The number of benzene rings is 7. The molecule has 0 unspecified atom stereocenters. The second-order valence-electron chi connectivity index (χ2n) is 13.2. The summed E-state index contributed by atoms with van der Waals surface area (Å²) in [5, 5.41) is 6.48. The summed E-state index contributed by atoms with van der Waals surface area (Å²) < 4.78 is 44.1. The van der Waals surface area contributed by atoms with Crippen LogP contribution >= 0.6 is 0 Å². The number of para-hydroxylation sites is 3. The summed E-state index contributed by atoms with van der Waals surface area (Å²) in [6.45, 7) is 4.86. The first-order valence-electron chi connectivity index (χ1n) is 20.2. The van der Waals surface area contributed by atoms with Crippen molar-refractivity contribution in [3.05, 3.63) is 230 Å². The van der Waals surface area contributed by atoms with E-state index in [-0.39, 0.29) is 23.7 Å². The Morgan fingerprint density at radius 2 is 1.33 bits per heavy atom. The molecule has 0 amide bonds. The Morgan fingerprint density at radius 1 is 0.655 bits per heavy atom. The normalized spacial score (nSPS) is 14.4. The van der Waals surface area contributed by atoms with Gasteiger partial charge in [0.05, 0.1) is 16.5 Å². The lowest BCUT2D eigenvalue weighted by molar-refractivity contribution is 0.671. The van der Waals surface area contributed by atoms with Crippen LogP contribution in [-0.2, 0) is 0 Å². The average Bonchev–Trinajstić information content (AvgIpc) is 3.84. The fraction of sp³-hybridized carbons (Fsp3) is 0. The van der Waals surface area contributed by atoms with Crippen molar-refractivity contribution in [1.29, 1.82) is 0 Å². The highest BCUT2D eigenvalue weighted by atomic mass is 16.3. The van der Waals surface area contributed by atoms with Crippen LogP contribution in [0.15, 0.2) is 224 Å². The van der Waals surface area contributed by atoms with Crippen LogP contribution < -0.4 is 4.90 Å². The van der Waals surface area contributed by atoms with E-state index < -0.39 is 0 Å². The number of nitrogens with zero attached hydrogens (tertiary/aromatic N) is 2. The third kappa shape index (κ3) is 6.18. The maximum absolute atomic E-state index is 9.38. The molecule has 0 aliphatic rings. The van der Waals surface area contributed by atoms with Crippen molar-refractivity contribution in [2.75, 3.05) is 4.90 Å². The van der Waals surface area contributed by atoms with Crippen LogP contribution in [0.25, 0.3) is 71.9 Å². The molecule has 0 saturated carbocycles.